The first-order valence-corrected chi connectivity index (χ1v) is 7.40. The number of ether oxygens (including phenoxy) is 1. The monoisotopic (exact) mass is 263 g/mol. The van der Waals surface area contributed by atoms with Gasteiger partial charge in [-0.2, -0.15) is 4.98 Å². The standard InChI is InChI=1S/C15H25N3O/c1-2-19-15-10-6-9-14(18-15)17-13(11-16)12-7-4-3-5-8-12/h6,9-10,12-13H,2-5,7-8,11,16H2,1H3,(H,17,18). The zero-order chi connectivity index (χ0) is 13.5. The molecule has 0 bridgehead atoms. The number of rotatable bonds is 6. The van der Waals surface area contributed by atoms with Gasteiger partial charge in [0.15, 0.2) is 0 Å². The van der Waals surface area contributed by atoms with Crippen LogP contribution < -0.4 is 15.8 Å². The van der Waals surface area contributed by atoms with E-state index >= 15 is 0 Å². The molecule has 1 saturated carbocycles. The number of pyridine rings is 1. The van der Waals surface area contributed by atoms with Gasteiger partial charge in [0.25, 0.3) is 0 Å². The quantitative estimate of drug-likeness (QED) is 0.828. The lowest BCUT2D eigenvalue weighted by molar-refractivity contribution is 0.317. The SMILES string of the molecule is CCOc1cccc(NC(CN)C2CCCCC2)n1. The Morgan fingerprint density at radius 3 is 2.84 bits per heavy atom. The van der Waals surface area contributed by atoms with Crippen LogP contribution in [0.5, 0.6) is 5.88 Å². The highest BCUT2D eigenvalue weighted by molar-refractivity contribution is 5.38. The minimum absolute atomic E-state index is 0.324. The summed E-state index contributed by atoms with van der Waals surface area (Å²) in [6.45, 7) is 3.26. The highest BCUT2D eigenvalue weighted by Crippen LogP contribution is 2.27. The third kappa shape index (κ3) is 4.10. The lowest BCUT2D eigenvalue weighted by Crippen LogP contribution is -2.37. The first kappa shape index (κ1) is 14.1. The Bertz CT molecular complexity index is 377. The van der Waals surface area contributed by atoms with E-state index in [0.29, 0.717) is 31.0 Å². The third-order valence-electron chi connectivity index (χ3n) is 3.82. The van der Waals surface area contributed by atoms with Crippen molar-refractivity contribution in [3.63, 3.8) is 0 Å². The molecule has 1 aliphatic rings. The molecule has 0 radical (unpaired) electrons. The molecule has 3 N–H and O–H groups in total. The molecule has 0 aliphatic heterocycles. The maximum Gasteiger partial charge on any atom is 0.215 e. The average Bonchev–Trinajstić information content (AvgIpc) is 2.46. The van der Waals surface area contributed by atoms with Crippen molar-refractivity contribution in [2.24, 2.45) is 11.7 Å². The number of aromatic nitrogens is 1. The summed E-state index contributed by atoms with van der Waals surface area (Å²) in [6, 6.07) is 6.15. The van der Waals surface area contributed by atoms with Crippen LogP contribution in [-0.4, -0.2) is 24.2 Å². The second-order valence-corrected chi connectivity index (χ2v) is 5.18. The Labute approximate surface area is 115 Å². The number of nitrogens with two attached hydrogens (primary N) is 1. The predicted octanol–water partition coefficient (Wildman–Crippen LogP) is 2.80. The molecule has 0 saturated heterocycles. The van der Waals surface area contributed by atoms with Crippen LogP contribution in [0.3, 0.4) is 0 Å². The van der Waals surface area contributed by atoms with E-state index < -0.39 is 0 Å². The summed E-state index contributed by atoms with van der Waals surface area (Å²) < 4.78 is 5.42. The van der Waals surface area contributed by atoms with Gasteiger partial charge >= 0.3 is 0 Å². The second-order valence-electron chi connectivity index (χ2n) is 5.18. The number of anilines is 1. The maximum atomic E-state index is 5.93. The first-order valence-electron chi connectivity index (χ1n) is 7.40. The van der Waals surface area contributed by atoms with Crippen molar-refractivity contribution in [3.8, 4) is 5.88 Å². The summed E-state index contributed by atoms with van der Waals surface area (Å²) >= 11 is 0. The molecule has 0 aromatic carbocycles. The molecular formula is C15H25N3O. The fraction of sp³-hybridized carbons (Fsp3) is 0.667. The van der Waals surface area contributed by atoms with Crippen molar-refractivity contribution >= 4 is 5.82 Å². The molecule has 19 heavy (non-hydrogen) atoms. The van der Waals surface area contributed by atoms with Gasteiger partial charge < -0.3 is 15.8 Å². The van der Waals surface area contributed by atoms with Gasteiger partial charge in [-0.15, -0.1) is 0 Å². The van der Waals surface area contributed by atoms with E-state index in [0.717, 1.165) is 5.82 Å². The summed E-state index contributed by atoms with van der Waals surface area (Å²) in [5.74, 6) is 2.22. The van der Waals surface area contributed by atoms with Crippen molar-refractivity contribution in [3.05, 3.63) is 18.2 Å². The minimum Gasteiger partial charge on any atom is -0.478 e. The molecule has 1 heterocycles. The molecule has 1 aromatic heterocycles. The van der Waals surface area contributed by atoms with E-state index in [1.807, 2.05) is 25.1 Å². The third-order valence-corrected chi connectivity index (χ3v) is 3.82. The molecule has 2 rings (SSSR count). The largest absolute Gasteiger partial charge is 0.478 e. The van der Waals surface area contributed by atoms with Crippen molar-refractivity contribution in [1.82, 2.24) is 4.98 Å². The predicted molar refractivity (Wildman–Crippen MR) is 78.4 cm³/mol. The van der Waals surface area contributed by atoms with Gasteiger partial charge in [-0.05, 0) is 31.7 Å². The van der Waals surface area contributed by atoms with Crippen molar-refractivity contribution in [2.45, 2.75) is 45.1 Å². The lowest BCUT2D eigenvalue weighted by Gasteiger charge is -2.30. The van der Waals surface area contributed by atoms with Gasteiger partial charge in [0.2, 0.25) is 5.88 Å². The Kier molecular flexibility index (Phi) is 5.45. The van der Waals surface area contributed by atoms with Crippen LogP contribution in [-0.2, 0) is 0 Å². The van der Waals surface area contributed by atoms with E-state index in [1.165, 1.54) is 32.1 Å². The van der Waals surface area contributed by atoms with E-state index in [9.17, 15) is 0 Å². The fourth-order valence-electron chi connectivity index (χ4n) is 2.82. The number of nitrogens with one attached hydrogen (secondary N) is 1. The van der Waals surface area contributed by atoms with E-state index in [4.69, 9.17) is 10.5 Å². The number of hydrogen-bond acceptors (Lipinski definition) is 4. The van der Waals surface area contributed by atoms with Crippen molar-refractivity contribution in [2.75, 3.05) is 18.5 Å². The first-order chi connectivity index (χ1) is 9.33. The lowest BCUT2D eigenvalue weighted by atomic mass is 9.84. The molecule has 1 fully saturated rings. The summed E-state index contributed by atoms with van der Waals surface area (Å²) in [6.07, 6.45) is 6.58. The number of nitrogens with zero attached hydrogens (tertiary/aromatic N) is 1. The molecule has 0 spiro atoms. The van der Waals surface area contributed by atoms with Gasteiger partial charge in [0, 0.05) is 18.7 Å². The van der Waals surface area contributed by atoms with Crippen LogP contribution in [0.1, 0.15) is 39.0 Å². The van der Waals surface area contributed by atoms with Crippen LogP contribution in [0.15, 0.2) is 18.2 Å². The Morgan fingerprint density at radius 2 is 2.16 bits per heavy atom. The normalized spacial score (nSPS) is 18.0. The van der Waals surface area contributed by atoms with Crippen LogP contribution in [0.25, 0.3) is 0 Å². The molecule has 1 aromatic rings. The van der Waals surface area contributed by atoms with Crippen molar-refractivity contribution in [1.29, 1.82) is 0 Å². The molecule has 4 nitrogen and oxygen atoms in total. The Morgan fingerprint density at radius 1 is 1.37 bits per heavy atom. The maximum absolute atomic E-state index is 5.93. The van der Waals surface area contributed by atoms with Crippen LogP contribution >= 0.6 is 0 Å². The molecule has 1 atom stereocenters. The van der Waals surface area contributed by atoms with E-state index in [-0.39, 0.29) is 0 Å². The van der Waals surface area contributed by atoms with Gasteiger partial charge in [-0.1, -0.05) is 25.3 Å². The van der Waals surface area contributed by atoms with Crippen LogP contribution in [0.2, 0.25) is 0 Å². The molecule has 4 heteroatoms. The van der Waals surface area contributed by atoms with Crippen LogP contribution in [0.4, 0.5) is 5.82 Å². The van der Waals surface area contributed by atoms with Gasteiger partial charge in [-0.3, -0.25) is 0 Å². The summed E-state index contributed by atoms with van der Waals surface area (Å²) in [5.41, 5.74) is 5.93. The molecular weight excluding hydrogens is 238 g/mol. The van der Waals surface area contributed by atoms with E-state index in [1.54, 1.807) is 0 Å². The van der Waals surface area contributed by atoms with Crippen molar-refractivity contribution < 1.29 is 4.74 Å². The minimum atomic E-state index is 0.324. The Hall–Kier alpha value is -1.29. The average molecular weight is 263 g/mol. The number of hydrogen-bond donors (Lipinski definition) is 2. The summed E-state index contributed by atoms with van der Waals surface area (Å²) in [4.78, 5) is 4.46. The smallest absolute Gasteiger partial charge is 0.215 e. The summed E-state index contributed by atoms with van der Waals surface area (Å²) in [5, 5.41) is 3.48. The van der Waals surface area contributed by atoms with Gasteiger partial charge in [0.05, 0.1) is 6.61 Å². The topological polar surface area (TPSA) is 60.2 Å². The zero-order valence-corrected chi connectivity index (χ0v) is 11.8. The van der Waals surface area contributed by atoms with Crippen LogP contribution in [0, 0.1) is 5.92 Å². The molecule has 0 amide bonds. The highest BCUT2D eigenvalue weighted by atomic mass is 16.5. The van der Waals surface area contributed by atoms with Gasteiger partial charge in [-0.25, -0.2) is 0 Å². The molecule has 1 aliphatic carbocycles. The zero-order valence-electron chi connectivity index (χ0n) is 11.8. The second kappa shape index (κ2) is 7.34. The highest BCUT2D eigenvalue weighted by Gasteiger charge is 2.22. The van der Waals surface area contributed by atoms with E-state index in [2.05, 4.69) is 10.3 Å². The van der Waals surface area contributed by atoms with Gasteiger partial charge in [0.1, 0.15) is 5.82 Å². The fourth-order valence-corrected chi connectivity index (χ4v) is 2.82. The Balaban J connectivity index is 1.98. The summed E-state index contributed by atoms with van der Waals surface area (Å²) in [7, 11) is 0. The molecule has 1 unspecified atom stereocenters. The molecule has 106 valence electrons.